The van der Waals surface area contributed by atoms with Crippen LogP contribution in [0, 0.1) is 0 Å². The number of carbonyl (C=O) groups excluding carboxylic acids is 1. The van der Waals surface area contributed by atoms with Crippen LogP contribution in [0.5, 0.6) is 0 Å². The molecule has 0 spiro atoms. The predicted molar refractivity (Wildman–Crippen MR) is 56.2 cm³/mol. The van der Waals surface area contributed by atoms with Crippen molar-refractivity contribution in [1.29, 1.82) is 0 Å². The Bertz CT molecular complexity index is 328. The van der Waals surface area contributed by atoms with E-state index >= 15 is 0 Å². The van der Waals surface area contributed by atoms with E-state index in [-0.39, 0.29) is 5.78 Å². The Balaban J connectivity index is 1.92. The van der Waals surface area contributed by atoms with Crippen molar-refractivity contribution in [2.24, 2.45) is 0 Å². The summed E-state index contributed by atoms with van der Waals surface area (Å²) < 4.78 is 0. The molecule has 1 aliphatic carbocycles. The summed E-state index contributed by atoms with van der Waals surface area (Å²) in [7, 11) is 0. The molecular formula is C11H14N2O. The van der Waals surface area contributed by atoms with Crippen LogP contribution in [0.2, 0.25) is 0 Å². The number of nitrogens with two attached hydrogens (primary N) is 1. The molecule has 0 saturated heterocycles. The molecule has 74 valence electrons. The van der Waals surface area contributed by atoms with Gasteiger partial charge in [0.2, 0.25) is 0 Å². The highest BCUT2D eigenvalue weighted by molar-refractivity contribution is 5.97. The van der Waals surface area contributed by atoms with Crippen LogP contribution in [0.3, 0.4) is 0 Å². The summed E-state index contributed by atoms with van der Waals surface area (Å²) in [5, 5.41) is 3.19. The second kappa shape index (κ2) is 3.80. The van der Waals surface area contributed by atoms with E-state index in [9.17, 15) is 4.79 Å². The molecule has 0 unspecified atom stereocenters. The van der Waals surface area contributed by atoms with Gasteiger partial charge in [0.15, 0.2) is 5.78 Å². The minimum absolute atomic E-state index is 0.136. The van der Waals surface area contributed by atoms with E-state index in [0.717, 1.165) is 5.56 Å². The zero-order valence-electron chi connectivity index (χ0n) is 7.99. The Morgan fingerprint density at radius 2 is 2.00 bits per heavy atom. The highest BCUT2D eigenvalue weighted by Gasteiger charge is 2.21. The Morgan fingerprint density at radius 1 is 1.36 bits per heavy atom. The van der Waals surface area contributed by atoms with Gasteiger partial charge >= 0.3 is 0 Å². The Morgan fingerprint density at radius 3 is 2.57 bits per heavy atom. The van der Waals surface area contributed by atoms with Crippen molar-refractivity contribution in [2.75, 3.05) is 12.3 Å². The minimum Gasteiger partial charge on any atom is -0.399 e. The van der Waals surface area contributed by atoms with E-state index in [1.165, 1.54) is 12.8 Å². The number of anilines is 1. The number of nitrogen functional groups attached to an aromatic ring is 1. The van der Waals surface area contributed by atoms with Gasteiger partial charge in [-0.25, -0.2) is 0 Å². The first kappa shape index (κ1) is 9.21. The summed E-state index contributed by atoms with van der Waals surface area (Å²) in [6.07, 6.45) is 2.41. The van der Waals surface area contributed by atoms with Crippen molar-refractivity contribution in [3.8, 4) is 0 Å². The summed E-state index contributed by atoms with van der Waals surface area (Å²) in [6.45, 7) is 0.439. The molecule has 1 aromatic carbocycles. The van der Waals surface area contributed by atoms with Crippen LogP contribution in [0.4, 0.5) is 5.69 Å². The molecule has 3 heteroatoms. The van der Waals surface area contributed by atoms with Crippen molar-refractivity contribution in [1.82, 2.24) is 5.32 Å². The lowest BCUT2D eigenvalue weighted by molar-refractivity contribution is 0.0990. The van der Waals surface area contributed by atoms with Gasteiger partial charge in [-0.05, 0) is 37.1 Å². The van der Waals surface area contributed by atoms with Crippen molar-refractivity contribution in [3.05, 3.63) is 29.8 Å². The molecule has 0 bridgehead atoms. The molecular weight excluding hydrogens is 176 g/mol. The molecule has 1 fully saturated rings. The van der Waals surface area contributed by atoms with Gasteiger partial charge in [-0.15, -0.1) is 0 Å². The topological polar surface area (TPSA) is 55.1 Å². The Labute approximate surface area is 83.3 Å². The third-order valence-corrected chi connectivity index (χ3v) is 2.36. The molecule has 0 amide bonds. The van der Waals surface area contributed by atoms with Gasteiger partial charge < -0.3 is 11.1 Å². The van der Waals surface area contributed by atoms with E-state index in [1.54, 1.807) is 24.3 Å². The third-order valence-electron chi connectivity index (χ3n) is 2.36. The molecule has 0 aromatic heterocycles. The first-order valence-electron chi connectivity index (χ1n) is 4.88. The van der Waals surface area contributed by atoms with E-state index in [4.69, 9.17) is 5.73 Å². The number of nitrogens with one attached hydrogen (secondary N) is 1. The monoisotopic (exact) mass is 190 g/mol. The van der Waals surface area contributed by atoms with Gasteiger partial charge in [-0.2, -0.15) is 0 Å². The summed E-state index contributed by atoms with van der Waals surface area (Å²) in [5.74, 6) is 0.136. The fourth-order valence-electron chi connectivity index (χ4n) is 1.30. The predicted octanol–water partition coefficient (Wildman–Crippen LogP) is 1.20. The van der Waals surface area contributed by atoms with Crippen molar-refractivity contribution < 1.29 is 4.79 Å². The maximum atomic E-state index is 11.6. The zero-order valence-corrected chi connectivity index (χ0v) is 7.99. The van der Waals surface area contributed by atoms with Gasteiger partial charge in [0.25, 0.3) is 0 Å². The fraction of sp³-hybridized carbons (Fsp3) is 0.364. The SMILES string of the molecule is Nc1ccc(C(=O)CNC2CC2)cc1. The number of rotatable bonds is 4. The molecule has 1 aliphatic rings. The van der Waals surface area contributed by atoms with E-state index in [0.29, 0.717) is 18.3 Å². The molecule has 0 radical (unpaired) electrons. The van der Waals surface area contributed by atoms with Crippen LogP contribution in [0.1, 0.15) is 23.2 Å². The van der Waals surface area contributed by atoms with Crippen LogP contribution in [0.25, 0.3) is 0 Å². The quantitative estimate of drug-likeness (QED) is 0.554. The molecule has 0 heterocycles. The summed E-state index contributed by atoms with van der Waals surface area (Å²) >= 11 is 0. The molecule has 1 saturated carbocycles. The maximum absolute atomic E-state index is 11.6. The lowest BCUT2D eigenvalue weighted by Crippen LogP contribution is -2.24. The number of hydrogen-bond acceptors (Lipinski definition) is 3. The number of benzene rings is 1. The summed E-state index contributed by atoms with van der Waals surface area (Å²) in [6, 6.07) is 7.63. The smallest absolute Gasteiger partial charge is 0.176 e. The normalized spacial score (nSPS) is 15.4. The van der Waals surface area contributed by atoms with Gasteiger partial charge in [-0.1, -0.05) is 0 Å². The molecule has 1 aromatic rings. The Kier molecular flexibility index (Phi) is 2.50. The van der Waals surface area contributed by atoms with Crippen molar-refractivity contribution in [3.63, 3.8) is 0 Å². The standard InChI is InChI=1S/C11H14N2O/c12-9-3-1-8(2-4-9)11(14)7-13-10-5-6-10/h1-4,10,13H,5-7,12H2. The second-order valence-electron chi connectivity index (χ2n) is 3.70. The zero-order chi connectivity index (χ0) is 9.97. The molecule has 3 nitrogen and oxygen atoms in total. The summed E-state index contributed by atoms with van der Waals surface area (Å²) in [5.41, 5.74) is 6.95. The lowest BCUT2D eigenvalue weighted by atomic mass is 10.1. The van der Waals surface area contributed by atoms with E-state index in [2.05, 4.69) is 5.32 Å². The van der Waals surface area contributed by atoms with Crippen LogP contribution in [-0.4, -0.2) is 18.4 Å². The summed E-state index contributed by atoms with van der Waals surface area (Å²) in [4.78, 5) is 11.6. The van der Waals surface area contributed by atoms with Gasteiger partial charge in [0.05, 0.1) is 6.54 Å². The first-order chi connectivity index (χ1) is 6.75. The van der Waals surface area contributed by atoms with Crippen molar-refractivity contribution >= 4 is 11.5 Å². The fourth-order valence-corrected chi connectivity index (χ4v) is 1.30. The van der Waals surface area contributed by atoms with E-state index < -0.39 is 0 Å². The largest absolute Gasteiger partial charge is 0.399 e. The van der Waals surface area contributed by atoms with Crippen molar-refractivity contribution in [2.45, 2.75) is 18.9 Å². The molecule has 14 heavy (non-hydrogen) atoms. The molecule has 0 atom stereocenters. The number of hydrogen-bond donors (Lipinski definition) is 2. The maximum Gasteiger partial charge on any atom is 0.176 e. The average Bonchev–Trinajstić information content (AvgIpc) is 2.99. The van der Waals surface area contributed by atoms with E-state index in [1.807, 2.05) is 0 Å². The number of Topliss-reactive ketones (excluding diaryl/α,β-unsaturated/α-hetero) is 1. The number of carbonyl (C=O) groups is 1. The number of ketones is 1. The lowest BCUT2D eigenvalue weighted by Gasteiger charge is -2.02. The molecule has 3 N–H and O–H groups in total. The van der Waals surface area contributed by atoms with Gasteiger partial charge in [0, 0.05) is 17.3 Å². The highest BCUT2D eigenvalue weighted by atomic mass is 16.1. The minimum atomic E-state index is 0.136. The van der Waals surface area contributed by atoms with Crippen LogP contribution in [0.15, 0.2) is 24.3 Å². The van der Waals surface area contributed by atoms with Crippen LogP contribution >= 0.6 is 0 Å². The second-order valence-corrected chi connectivity index (χ2v) is 3.70. The van der Waals surface area contributed by atoms with Crippen LogP contribution < -0.4 is 11.1 Å². The highest BCUT2D eigenvalue weighted by Crippen LogP contribution is 2.18. The average molecular weight is 190 g/mol. The molecule has 0 aliphatic heterocycles. The third kappa shape index (κ3) is 2.33. The first-order valence-corrected chi connectivity index (χ1v) is 4.88. The van der Waals surface area contributed by atoms with Crippen LogP contribution in [-0.2, 0) is 0 Å². The Hall–Kier alpha value is -1.35. The van der Waals surface area contributed by atoms with Gasteiger partial charge in [0.1, 0.15) is 0 Å². The molecule has 2 rings (SSSR count). The van der Waals surface area contributed by atoms with Gasteiger partial charge in [-0.3, -0.25) is 4.79 Å².